The number of rotatable bonds is 4. The first-order valence-corrected chi connectivity index (χ1v) is 8.05. The summed E-state index contributed by atoms with van der Waals surface area (Å²) in [6.07, 6.45) is 1.20. The molecule has 0 N–H and O–H groups in total. The van der Waals surface area contributed by atoms with Gasteiger partial charge in [-0.3, -0.25) is 14.2 Å². The molecule has 0 radical (unpaired) electrons. The van der Waals surface area contributed by atoms with Crippen molar-refractivity contribution in [2.75, 3.05) is 6.61 Å². The Labute approximate surface area is 148 Å². The zero-order valence-corrected chi connectivity index (χ0v) is 14.6. The Morgan fingerprint density at radius 3 is 2.72 bits per heavy atom. The number of nitrogens with zero attached hydrogens (tertiary/aromatic N) is 4. The Hall–Kier alpha value is -2.26. The zero-order chi connectivity index (χ0) is 18.1. The van der Waals surface area contributed by atoms with Crippen molar-refractivity contribution >= 4 is 34.7 Å². The quantitative estimate of drug-likeness (QED) is 0.590. The third-order valence-corrected chi connectivity index (χ3v) is 4.27. The van der Waals surface area contributed by atoms with Crippen LogP contribution in [0, 0.1) is 5.92 Å². The number of hydrogen-bond donors (Lipinski definition) is 0. The minimum atomic E-state index is -0.595. The van der Waals surface area contributed by atoms with Crippen molar-refractivity contribution in [3.05, 3.63) is 17.8 Å². The van der Waals surface area contributed by atoms with Crippen LogP contribution in [0.5, 0.6) is 0 Å². The first-order valence-electron chi connectivity index (χ1n) is 7.67. The molecule has 4 atom stereocenters. The van der Waals surface area contributed by atoms with Gasteiger partial charge in [0.05, 0.1) is 6.33 Å². The van der Waals surface area contributed by atoms with Gasteiger partial charge in [0.15, 0.2) is 10.8 Å². The molecular weight excluding hydrogens is 352 g/mol. The average molecular weight is 369 g/mol. The van der Waals surface area contributed by atoms with Gasteiger partial charge in [-0.05, 0) is 0 Å². The number of carbonyl (C=O) groups excluding carboxylic acids is 2. The van der Waals surface area contributed by atoms with Gasteiger partial charge in [-0.2, -0.15) is 0 Å². The fourth-order valence-electron chi connectivity index (χ4n) is 2.92. The predicted molar refractivity (Wildman–Crippen MR) is 85.6 cm³/mol. The summed E-state index contributed by atoms with van der Waals surface area (Å²) in [5.74, 6) is -1.10. The van der Waals surface area contributed by atoms with Crippen molar-refractivity contribution in [3.8, 4) is 0 Å². The summed E-state index contributed by atoms with van der Waals surface area (Å²) in [6, 6.07) is 0. The summed E-state index contributed by atoms with van der Waals surface area (Å²) >= 11 is 6.03. The molecule has 25 heavy (non-hydrogen) atoms. The molecule has 0 spiro atoms. The standard InChI is InChI=1S/C15H17ClN4O5/c1-7-12(24-9(3)22)10(4-23-8(2)21)25-15(7)20-6-19-11-13(16)17-5-18-14(11)20/h5-7,10,12,15H,4H2,1-3H3/t7?,10-,12?,15-/m1/s1. The van der Waals surface area contributed by atoms with E-state index in [9.17, 15) is 9.59 Å². The van der Waals surface area contributed by atoms with Crippen molar-refractivity contribution in [2.24, 2.45) is 5.92 Å². The van der Waals surface area contributed by atoms with Crippen molar-refractivity contribution in [1.29, 1.82) is 0 Å². The van der Waals surface area contributed by atoms with Crippen LogP contribution in [0.15, 0.2) is 12.7 Å². The lowest BCUT2D eigenvalue weighted by Gasteiger charge is -2.20. The average Bonchev–Trinajstić information content (AvgIpc) is 3.09. The minimum Gasteiger partial charge on any atom is -0.463 e. The van der Waals surface area contributed by atoms with E-state index >= 15 is 0 Å². The lowest BCUT2D eigenvalue weighted by Crippen LogP contribution is -2.34. The molecule has 0 aromatic carbocycles. The second-order valence-corrected chi connectivity index (χ2v) is 6.15. The molecule has 0 bridgehead atoms. The molecule has 2 aromatic heterocycles. The molecule has 9 nitrogen and oxygen atoms in total. The Bertz CT molecular complexity index is 810. The van der Waals surface area contributed by atoms with Crippen LogP contribution in [-0.2, 0) is 23.8 Å². The maximum Gasteiger partial charge on any atom is 0.303 e. The van der Waals surface area contributed by atoms with Gasteiger partial charge in [0.1, 0.15) is 36.9 Å². The van der Waals surface area contributed by atoms with E-state index in [1.165, 1.54) is 20.2 Å². The van der Waals surface area contributed by atoms with Crippen LogP contribution in [0.4, 0.5) is 0 Å². The lowest BCUT2D eigenvalue weighted by molar-refractivity contribution is -0.156. The number of hydrogen-bond acceptors (Lipinski definition) is 8. The highest BCUT2D eigenvalue weighted by atomic mass is 35.5. The molecule has 10 heteroatoms. The first kappa shape index (κ1) is 17.6. The van der Waals surface area contributed by atoms with Crippen LogP contribution in [0.2, 0.25) is 5.15 Å². The van der Waals surface area contributed by atoms with Crippen molar-refractivity contribution in [2.45, 2.75) is 39.2 Å². The van der Waals surface area contributed by atoms with E-state index in [0.29, 0.717) is 11.2 Å². The van der Waals surface area contributed by atoms with E-state index in [1.54, 1.807) is 10.9 Å². The largest absolute Gasteiger partial charge is 0.463 e. The topological polar surface area (TPSA) is 105 Å². The fraction of sp³-hybridized carbons (Fsp3) is 0.533. The maximum absolute atomic E-state index is 11.4. The molecule has 134 valence electrons. The maximum atomic E-state index is 11.4. The Balaban J connectivity index is 1.91. The first-order chi connectivity index (χ1) is 11.9. The highest BCUT2D eigenvalue weighted by molar-refractivity contribution is 6.33. The highest BCUT2D eigenvalue weighted by Crippen LogP contribution is 2.38. The lowest BCUT2D eigenvalue weighted by atomic mass is 10.0. The third-order valence-electron chi connectivity index (χ3n) is 3.99. The molecule has 2 aromatic rings. The number of carbonyl (C=O) groups is 2. The summed E-state index contributed by atoms with van der Waals surface area (Å²) in [7, 11) is 0. The van der Waals surface area contributed by atoms with E-state index in [4.69, 9.17) is 25.8 Å². The summed E-state index contributed by atoms with van der Waals surface area (Å²) in [5.41, 5.74) is 0.957. The second-order valence-electron chi connectivity index (χ2n) is 5.79. The molecule has 0 amide bonds. The monoisotopic (exact) mass is 368 g/mol. The van der Waals surface area contributed by atoms with E-state index in [0.717, 1.165) is 0 Å². The van der Waals surface area contributed by atoms with Crippen LogP contribution < -0.4 is 0 Å². The SMILES string of the molecule is CC(=O)OC[C@H]1O[C@@H](n2cnc3c(Cl)ncnc32)C(C)C1OC(C)=O. The van der Waals surface area contributed by atoms with Crippen molar-refractivity contribution in [1.82, 2.24) is 19.5 Å². The molecule has 3 heterocycles. The van der Waals surface area contributed by atoms with Crippen molar-refractivity contribution in [3.63, 3.8) is 0 Å². The molecular formula is C15H17ClN4O5. The second kappa shape index (κ2) is 6.93. The van der Waals surface area contributed by atoms with E-state index in [2.05, 4.69) is 15.0 Å². The number of ether oxygens (including phenoxy) is 3. The van der Waals surface area contributed by atoms with Crippen LogP contribution in [0.1, 0.15) is 27.0 Å². The Morgan fingerprint density at radius 1 is 1.28 bits per heavy atom. The predicted octanol–water partition coefficient (Wildman–Crippen LogP) is 1.51. The van der Waals surface area contributed by atoms with Gasteiger partial charge < -0.3 is 14.2 Å². The fourth-order valence-corrected chi connectivity index (χ4v) is 3.10. The molecule has 1 saturated heterocycles. The highest BCUT2D eigenvalue weighted by Gasteiger charge is 2.46. The Morgan fingerprint density at radius 2 is 2.04 bits per heavy atom. The Kier molecular flexibility index (Phi) is 4.87. The van der Waals surface area contributed by atoms with Crippen LogP contribution in [-0.4, -0.2) is 50.3 Å². The van der Waals surface area contributed by atoms with Crippen LogP contribution >= 0.6 is 11.6 Å². The molecule has 1 aliphatic heterocycles. The third kappa shape index (κ3) is 3.42. The van der Waals surface area contributed by atoms with Gasteiger partial charge in [0.2, 0.25) is 0 Å². The van der Waals surface area contributed by atoms with Gasteiger partial charge in [0, 0.05) is 19.8 Å². The molecule has 3 rings (SSSR count). The number of aromatic nitrogens is 4. The van der Waals surface area contributed by atoms with Gasteiger partial charge in [-0.25, -0.2) is 15.0 Å². The smallest absolute Gasteiger partial charge is 0.303 e. The van der Waals surface area contributed by atoms with E-state index in [-0.39, 0.29) is 17.7 Å². The molecule has 0 aliphatic carbocycles. The minimum absolute atomic E-state index is 0.0174. The van der Waals surface area contributed by atoms with Gasteiger partial charge in [-0.1, -0.05) is 18.5 Å². The molecule has 1 fully saturated rings. The number of esters is 2. The van der Waals surface area contributed by atoms with Gasteiger partial charge >= 0.3 is 11.9 Å². The normalized spacial score (nSPS) is 25.9. The van der Waals surface area contributed by atoms with Gasteiger partial charge in [0.25, 0.3) is 0 Å². The van der Waals surface area contributed by atoms with E-state index in [1.807, 2.05) is 6.92 Å². The number of halogens is 1. The molecule has 0 saturated carbocycles. The summed E-state index contributed by atoms with van der Waals surface area (Å²) in [6.45, 7) is 4.48. The van der Waals surface area contributed by atoms with E-state index < -0.39 is 30.4 Å². The molecule has 1 aliphatic rings. The zero-order valence-electron chi connectivity index (χ0n) is 13.9. The number of imidazole rings is 1. The summed E-state index contributed by atoms with van der Waals surface area (Å²) < 4.78 is 18.1. The summed E-state index contributed by atoms with van der Waals surface area (Å²) in [4.78, 5) is 34.8. The van der Waals surface area contributed by atoms with Crippen LogP contribution in [0.25, 0.3) is 11.2 Å². The summed E-state index contributed by atoms with van der Waals surface area (Å²) in [5, 5.41) is 0.238. The number of fused-ring (bicyclic) bond motifs is 1. The van der Waals surface area contributed by atoms with Crippen LogP contribution in [0.3, 0.4) is 0 Å². The van der Waals surface area contributed by atoms with Crippen molar-refractivity contribution < 1.29 is 23.8 Å². The molecule has 2 unspecified atom stereocenters. The van der Waals surface area contributed by atoms with Gasteiger partial charge in [-0.15, -0.1) is 0 Å².